The van der Waals surface area contributed by atoms with Gasteiger partial charge in [-0.05, 0) is 54.9 Å². The smallest absolute Gasteiger partial charge is 0.137 e. The van der Waals surface area contributed by atoms with Crippen LogP contribution in [0.15, 0.2) is 28.9 Å². The molecular weight excluding hydrogens is 297 g/mol. The molecule has 3 nitrogen and oxygen atoms in total. The molecule has 1 aromatic heterocycles. The van der Waals surface area contributed by atoms with E-state index in [2.05, 4.69) is 21.0 Å². The average Bonchev–Trinajstić information content (AvgIpc) is 2.64. The number of halogens is 2. The Hall–Kier alpha value is -1.36. The van der Waals surface area contributed by atoms with E-state index in [1.165, 1.54) is 6.07 Å². The van der Waals surface area contributed by atoms with Crippen LogP contribution in [-0.4, -0.2) is 9.78 Å². The fourth-order valence-corrected chi connectivity index (χ4v) is 1.98. The van der Waals surface area contributed by atoms with Gasteiger partial charge in [0.15, 0.2) is 0 Å². The van der Waals surface area contributed by atoms with Crippen molar-refractivity contribution in [1.82, 2.24) is 9.78 Å². The first-order valence-corrected chi connectivity index (χ1v) is 6.39. The molecule has 0 radical (unpaired) electrons. The van der Waals surface area contributed by atoms with Crippen molar-refractivity contribution >= 4 is 21.6 Å². The Morgan fingerprint density at radius 3 is 2.50 bits per heavy atom. The SMILES string of the molecule is CC(C)(C)n1cc(N)c(-c2ccc(F)c(Br)c2)n1. The average molecular weight is 312 g/mol. The number of rotatable bonds is 1. The molecular formula is C13H15BrFN3. The van der Waals surface area contributed by atoms with Crippen molar-refractivity contribution in [2.45, 2.75) is 26.3 Å². The number of nitrogen functional groups attached to an aromatic ring is 1. The Morgan fingerprint density at radius 2 is 2.00 bits per heavy atom. The molecule has 1 heterocycles. The molecule has 0 amide bonds. The van der Waals surface area contributed by atoms with E-state index in [4.69, 9.17) is 5.73 Å². The second-order valence-electron chi connectivity index (χ2n) is 5.18. The topological polar surface area (TPSA) is 43.8 Å². The molecule has 5 heteroatoms. The molecule has 0 unspecified atom stereocenters. The lowest BCUT2D eigenvalue weighted by atomic mass is 10.1. The first kappa shape index (κ1) is 13.1. The Morgan fingerprint density at radius 1 is 1.33 bits per heavy atom. The summed E-state index contributed by atoms with van der Waals surface area (Å²) in [5, 5.41) is 4.47. The molecule has 0 bridgehead atoms. The van der Waals surface area contributed by atoms with E-state index in [1.54, 1.807) is 18.3 Å². The van der Waals surface area contributed by atoms with Crippen molar-refractivity contribution in [1.29, 1.82) is 0 Å². The molecule has 2 rings (SSSR count). The van der Waals surface area contributed by atoms with Crippen LogP contribution in [0.5, 0.6) is 0 Å². The van der Waals surface area contributed by atoms with Crippen LogP contribution in [0.3, 0.4) is 0 Å². The van der Waals surface area contributed by atoms with Crippen LogP contribution in [0.25, 0.3) is 11.3 Å². The second kappa shape index (κ2) is 4.39. The quantitative estimate of drug-likeness (QED) is 0.870. The third-order valence-electron chi connectivity index (χ3n) is 2.62. The van der Waals surface area contributed by atoms with Gasteiger partial charge in [0, 0.05) is 11.8 Å². The Bertz CT molecular complexity index is 584. The van der Waals surface area contributed by atoms with Crippen molar-refractivity contribution in [3.63, 3.8) is 0 Å². The van der Waals surface area contributed by atoms with E-state index in [0.717, 1.165) is 5.56 Å². The molecule has 0 atom stereocenters. The van der Waals surface area contributed by atoms with E-state index in [-0.39, 0.29) is 11.4 Å². The summed E-state index contributed by atoms with van der Waals surface area (Å²) in [5.74, 6) is -0.299. The van der Waals surface area contributed by atoms with Crippen LogP contribution < -0.4 is 5.73 Å². The van der Waals surface area contributed by atoms with Crippen LogP contribution in [0.2, 0.25) is 0 Å². The summed E-state index contributed by atoms with van der Waals surface area (Å²) in [5.41, 5.74) is 7.88. The Kier molecular flexibility index (Phi) is 3.19. The van der Waals surface area contributed by atoms with Crippen molar-refractivity contribution in [3.05, 3.63) is 34.7 Å². The molecule has 2 aromatic rings. The molecule has 0 aliphatic rings. The summed E-state index contributed by atoms with van der Waals surface area (Å²) in [6.45, 7) is 6.14. The highest BCUT2D eigenvalue weighted by Gasteiger charge is 2.18. The number of anilines is 1. The molecule has 0 spiro atoms. The van der Waals surface area contributed by atoms with Gasteiger partial charge in [-0.1, -0.05) is 0 Å². The number of hydrogen-bond donors (Lipinski definition) is 1. The molecule has 0 aliphatic heterocycles. The zero-order chi connectivity index (χ0) is 13.5. The van der Waals surface area contributed by atoms with Crippen LogP contribution in [-0.2, 0) is 5.54 Å². The first-order chi connectivity index (χ1) is 8.29. The minimum Gasteiger partial charge on any atom is -0.396 e. The monoisotopic (exact) mass is 311 g/mol. The van der Waals surface area contributed by atoms with Crippen LogP contribution in [0.1, 0.15) is 20.8 Å². The van der Waals surface area contributed by atoms with Gasteiger partial charge in [0.2, 0.25) is 0 Å². The van der Waals surface area contributed by atoms with Gasteiger partial charge in [-0.25, -0.2) is 4.39 Å². The van der Waals surface area contributed by atoms with E-state index < -0.39 is 0 Å². The van der Waals surface area contributed by atoms with Gasteiger partial charge in [0.1, 0.15) is 11.5 Å². The lowest BCUT2D eigenvalue weighted by Crippen LogP contribution is -2.22. The number of hydrogen-bond acceptors (Lipinski definition) is 2. The normalized spacial score (nSPS) is 11.8. The number of aromatic nitrogens is 2. The summed E-state index contributed by atoms with van der Waals surface area (Å²) in [6.07, 6.45) is 1.80. The maximum absolute atomic E-state index is 13.2. The summed E-state index contributed by atoms with van der Waals surface area (Å²) < 4.78 is 15.4. The summed E-state index contributed by atoms with van der Waals surface area (Å²) in [6, 6.07) is 4.75. The highest BCUT2D eigenvalue weighted by atomic mass is 79.9. The van der Waals surface area contributed by atoms with Gasteiger partial charge >= 0.3 is 0 Å². The van der Waals surface area contributed by atoms with Gasteiger partial charge in [0.05, 0.1) is 15.7 Å². The highest BCUT2D eigenvalue weighted by molar-refractivity contribution is 9.10. The van der Waals surface area contributed by atoms with Crippen LogP contribution in [0, 0.1) is 5.82 Å². The van der Waals surface area contributed by atoms with Crippen molar-refractivity contribution in [2.24, 2.45) is 0 Å². The summed E-state index contributed by atoms with van der Waals surface area (Å²) in [4.78, 5) is 0. The maximum Gasteiger partial charge on any atom is 0.137 e. The molecule has 2 N–H and O–H groups in total. The second-order valence-corrected chi connectivity index (χ2v) is 6.03. The third kappa shape index (κ3) is 2.41. The minimum atomic E-state index is -0.299. The van der Waals surface area contributed by atoms with E-state index in [1.807, 2.05) is 25.5 Å². The highest BCUT2D eigenvalue weighted by Crippen LogP contribution is 2.29. The molecule has 0 fully saturated rings. The van der Waals surface area contributed by atoms with Gasteiger partial charge in [-0.3, -0.25) is 4.68 Å². The van der Waals surface area contributed by atoms with E-state index in [0.29, 0.717) is 15.9 Å². The van der Waals surface area contributed by atoms with Crippen LogP contribution >= 0.6 is 15.9 Å². The van der Waals surface area contributed by atoms with Crippen molar-refractivity contribution in [3.8, 4) is 11.3 Å². The van der Waals surface area contributed by atoms with Gasteiger partial charge in [-0.15, -0.1) is 0 Å². The zero-order valence-electron chi connectivity index (χ0n) is 10.5. The molecule has 0 saturated carbocycles. The molecule has 1 aromatic carbocycles. The predicted octanol–water partition coefficient (Wildman–Crippen LogP) is 3.79. The molecule has 0 aliphatic carbocycles. The molecule has 18 heavy (non-hydrogen) atoms. The third-order valence-corrected chi connectivity index (χ3v) is 3.23. The number of nitrogens with two attached hydrogens (primary N) is 1. The lowest BCUT2D eigenvalue weighted by Gasteiger charge is -2.18. The maximum atomic E-state index is 13.2. The summed E-state index contributed by atoms with van der Waals surface area (Å²) in [7, 11) is 0. The van der Waals surface area contributed by atoms with E-state index in [9.17, 15) is 4.39 Å². The van der Waals surface area contributed by atoms with Gasteiger partial charge in [-0.2, -0.15) is 5.10 Å². The van der Waals surface area contributed by atoms with E-state index >= 15 is 0 Å². The predicted molar refractivity (Wildman–Crippen MR) is 74.7 cm³/mol. The largest absolute Gasteiger partial charge is 0.396 e. The lowest BCUT2D eigenvalue weighted by molar-refractivity contribution is 0.356. The number of nitrogens with zero attached hydrogens (tertiary/aromatic N) is 2. The molecule has 96 valence electrons. The van der Waals surface area contributed by atoms with Crippen molar-refractivity contribution in [2.75, 3.05) is 5.73 Å². The first-order valence-electron chi connectivity index (χ1n) is 5.60. The zero-order valence-corrected chi connectivity index (χ0v) is 12.1. The Labute approximate surface area is 114 Å². The van der Waals surface area contributed by atoms with Gasteiger partial charge < -0.3 is 5.73 Å². The minimum absolute atomic E-state index is 0.135. The van der Waals surface area contributed by atoms with Gasteiger partial charge in [0.25, 0.3) is 0 Å². The molecule has 0 saturated heterocycles. The summed E-state index contributed by atoms with van der Waals surface area (Å²) >= 11 is 3.16. The fourth-order valence-electron chi connectivity index (χ4n) is 1.60. The van der Waals surface area contributed by atoms with Crippen molar-refractivity contribution < 1.29 is 4.39 Å². The van der Waals surface area contributed by atoms with Crippen LogP contribution in [0.4, 0.5) is 10.1 Å². The standard InChI is InChI=1S/C13H15BrFN3/c1-13(2,3)18-7-11(16)12(17-18)8-4-5-10(15)9(14)6-8/h4-7H,16H2,1-3H3. The fraction of sp³-hybridized carbons (Fsp3) is 0.308. The number of benzene rings is 1. The Balaban J connectivity index is 2.51.